The Labute approximate surface area is 213 Å². The zero-order valence-corrected chi connectivity index (χ0v) is 21.5. The van der Waals surface area contributed by atoms with E-state index in [0.717, 1.165) is 26.9 Å². The Balaban J connectivity index is 1.79. The molecule has 1 aromatic heterocycles. The predicted molar refractivity (Wildman–Crippen MR) is 138 cm³/mol. The van der Waals surface area contributed by atoms with E-state index in [0.29, 0.717) is 18.1 Å². The molecular weight excluding hydrogens is 508 g/mol. The molecule has 1 aliphatic rings. The highest BCUT2D eigenvalue weighted by atomic mass is 79.9. The number of benzene rings is 2. The van der Waals surface area contributed by atoms with Crippen LogP contribution in [0, 0.1) is 12.8 Å². The molecule has 0 saturated carbocycles. The van der Waals surface area contributed by atoms with Gasteiger partial charge in [0, 0.05) is 29.0 Å². The molecule has 180 valence electrons. The molecule has 2 aromatic carbocycles. The van der Waals surface area contributed by atoms with Gasteiger partial charge in [-0.2, -0.15) is 0 Å². The number of aryl methyl sites for hydroxylation is 1. The Hall–Kier alpha value is -3.45. The van der Waals surface area contributed by atoms with Crippen molar-refractivity contribution in [3.05, 3.63) is 99.3 Å². The van der Waals surface area contributed by atoms with Crippen LogP contribution < -0.4 is 4.74 Å². The Morgan fingerprint density at radius 2 is 1.94 bits per heavy atom. The summed E-state index contributed by atoms with van der Waals surface area (Å²) in [4.78, 5) is 32.0. The number of carbonyl (C=O) groups excluding carboxylic acids is 2. The second kappa shape index (κ2) is 10.4. The number of likely N-dealkylation sites (tertiary alicyclic amines) is 1. The van der Waals surface area contributed by atoms with Crippen LogP contribution in [0.25, 0.3) is 5.76 Å². The predicted octanol–water partition coefficient (Wildman–Crippen LogP) is 5.81. The largest absolute Gasteiger partial charge is 0.507 e. The van der Waals surface area contributed by atoms with E-state index < -0.39 is 17.7 Å². The van der Waals surface area contributed by atoms with E-state index in [2.05, 4.69) is 34.8 Å². The molecular formula is C28H27BrN2O4. The summed E-state index contributed by atoms with van der Waals surface area (Å²) in [5.41, 5.74) is 2.86. The number of halogens is 1. The lowest BCUT2D eigenvalue weighted by Gasteiger charge is -2.25. The summed E-state index contributed by atoms with van der Waals surface area (Å²) in [7, 11) is 0. The normalized spacial score (nSPS) is 17.3. The summed E-state index contributed by atoms with van der Waals surface area (Å²) >= 11 is 3.48. The molecule has 1 N–H and O–H groups in total. The highest BCUT2D eigenvalue weighted by Gasteiger charge is 2.46. The van der Waals surface area contributed by atoms with E-state index in [1.165, 1.54) is 4.90 Å². The molecule has 0 aliphatic carbocycles. The number of hydrogen-bond donors (Lipinski definition) is 1. The molecule has 0 spiro atoms. The van der Waals surface area contributed by atoms with Crippen molar-refractivity contribution in [3.63, 3.8) is 0 Å². The minimum Gasteiger partial charge on any atom is -0.507 e. The fraction of sp³-hybridized carbons (Fsp3) is 0.250. The molecule has 7 heteroatoms. The van der Waals surface area contributed by atoms with Crippen LogP contribution in [0.1, 0.15) is 42.1 Å². The maximum absolute atomic E-state index is 13.3. The van der Waals surface area contributed by atoms with E-state index in [-0.39, 0.29) is 17.9 Å². The van der Waals surface area contributed by atoms with Crippen LogP contribution in [0.2, 0.25) is 0 Å². The quantitative estimate of drug-likeness (QED) is 0.235. The van der Waals surface area contributed by atoms with Gasteiger partial charge in [0.05, 0.1) is 18.2 Å². The molecule has 0 unspecified atom stereocenters. The lowest BCUT2D eigenvalue weighted by Crippen LogP contribution is -2.29. The summed E-state index contributed by atoms with van der Waals surface area (Å²) in [6.07, 6.45) is 3.32. The second-order valence-corrected chi connectivity index (χ2v) is 9.94. The zero-order chi connectivity index (χ0) is 25.1. The van der Waals surface area contributed by atoms with Gasteiger partial charge in [-0.05, 0) is 65.9 Å². The van der Waals surface area contributed by atoms with Crippen molar-refractivity contribution in [3.8, 4) is 5.75 Å². The van der Waals surface area contributed by atoms with E-state index in [4.69, 9.17) is 4.74 Å². The van der Waals surface area contributed by atoms with Gasteiger partial charge in [0.1, 0.15) is 11.5 Å². The number of aliphatic hydroxyl groups is 1. The second-order valence-electron chi connectivity index (χ2n) is 9.03. The average molecular weight is 535 g/mol. The van der Waals surface area contributed by atoms with Crippen molar-refractivity contribution >= 4 is 33.4 Å². The molecule has 4 rings (SSSR count). The monoisotopic (exact) mass is 534 g/mol. The summed E-state index contributed by atoms with van der Waals surface area (Å²) in [5, 5.41) is 11.3. The summed E-state index contributed by atoms with van der Waals surface area (Å²) < 4.78 is 6.66. The van der Waals surface area contributed by atoms with Crippen LogP contribution in [0.3, 0.4) is 0 Å². The number of amides is 1. The van der Waals surface area contributed by atoms with Crippen molar-refractivity contribution in [1.82, 2.24) is 9.88 Å². The lowest BCUT2D eigenvalue weighted by atomic mass is 9.94. The molecule has 1 amide bonds. The third-order valence-electron chi connectivity index (χ3n) is 5.80. The number of hydrogen-bond acceptors (Lipinski definition) is 5. The van der Waals surface area contributed by atoms with Crippen molar-refractivity contribution in [2.75, 3.05) is 6.61 Å². The van der Waals surface area contributed by atoms with Crippen molar-refractivity contribution in [1.29, 1.82) is 0 Å². The Morgan fingerprint density at radius 1 is 1.14 bits per heavy atom. The van der Waals surface area contributed by atoms with Crippen LogP contribution in [0.4, 0.5) is 0 Å². The molecule has 0 bridgehead atoms. The topological polar surface area (TPSA) is 79.7 Å². The molecule has 6 nitrogen and oxygen atoms in total. The van der Waals surface area contributed by atoms with Gasteiger partial charge < -0.3 is 14.7 Å². The van der Waals surface area contributed by atoms with Crippen LogP contribution in [0.5, 0.6) is 5.75 Å². The first-order valence-corrected chi connectivity index (χ1v) is 12.2. The number of ether oxygens (including phenoxy) is 1. The van der Waals surface area contributed by atoms with Gasteiger partial charge in [0.25, 0.3) is 11.7 Å². The third-order valence-corrected chi connectivity index (χ3v) is 6.29. The first-order valence-electron chi connectivity index (χ1n) is 11.4. The standard InChI is InChI=1S/C28H27BrN2O4/c1-17(2)16-35-23-10-9-21(12-18(23)3)26(32)24-25(20-7-4-8-22(29)13-20)31(28(34)27(24)33)15-19-6-5-11-30-14-19/h4-14,17,25,32H,15-16H2,1-3H3/t25-/m0/s1. The maximum atomic E-state index is 13.3. The molecule has 1 saturated heterocycles. The molecule has 35 heavy (non-hydrogen) atoms. The number of aliphatic hydroxyl groups excluding tert-OH is 1. The van der Waals surface area contributed by atoms with Gasteiger partial charge in [-0.15, -0.1) is 0 Å². The van der Waals surface area contributed by atoms with Crippen LogP contribution in [0.15, 0.2) is 77.0 Å². The first kappa shape index (κ1) is 24.7. The van der Waals surface area contributed by atoms with Crippen LogP contribution in [-0.4, -0.2) is 33.3 Å². The number of pyridine rings is 1. The average Bonchev–Trinajstić information content (AvgIpc) is 3.08. The molecule has 0 radical (unpaired) electrons. The number of nitrogens with zero attached hydrogens (tertiary/aromatic N) is 2. The molecule has 3 aromatic rings. The maximum Gasteiger partial charge on any atom is 0.295 e. The van der Waals surface area contributed by atoms with E-state index >= 15 is 0 Å². The molecule has 1 aliphatic heterocycles. The lowest BCUT2D eigenvalue weighted by molar-refractivity contribution is -0.140. The van der Waals surface area contributed by atoms with Gasteiger partial charge in [0.15, 0.2) is 0 Å². The van der Waals surface area contributed by atoms with Crippen molar-refractivity contribution < 1.29 is 19.4 Å². The van der Waals surface area contributed by atoms with Crippen LogP contribution >= 0.6 is 15.9 Å². The van der Waals surface area contributed by atoms with E-state index in [9.17, 15) is 14.7 Å². The molecule has 2 heterocycles. The van der Waals surface area contributed by atoms with Gasteiger partial charge in [0.2, 0.25) is 0 Å². The Morgan fingerprint density at radius 3 is 2.60 bits per heavy atom. The summed E-state index contributed by atoms with van der Waals surface area (Å²) in [5.74, 6) is -0.483. The third kappa shape index (κ3) is 5.30. The van der Waals surface area contributed by atoms with E-state index in [1.54, 1.807) is 36.7 Å². The Kier molecular flexibility index (Phi) is 7.36. The van der Waals surface area contributed by atoms with Gasteiger partial charge in [-0.1, -0.05) is 48.0 Å². The number of rotatable bonds is 7. The summed E-state index contributed by atoms with van der Waals surface area (Å²) in [6.45, 7) is 6.80. The fourth-order valence-electron chi connectivity index (χ4n) is 4.13. The van der Waals surface area contributed by atoms with Crippen molar-refractivity contribution in [2.24, 2.45) is 5.92 Å². The number of Topliss-reactive ketones (excluding diaryl/α,β-unsaturated/α-hetero) is 1. The van der Waals surface area contributed by atoms with Crippen LogP contribution in [-0.2, 0) is 16.1 Å². The van der Waals surface area contributed by atoms with E-state index in [1.807, 2.05) is 37.3 Å². The minimum atomic E-state index is -0.745. The van der Waals surface area contributed by atoms with Crippen molar-refractivity contribution in [2.45, 2.75) is 33.4 Å². The fourth-order valence-corrected chi connectivity index (χ4v) is 4.54. The zero-order valence-electron chi connectivity index (χ0n) is 19.9. The molecule has 1 atom stereocenters. The minimum absolute atomic E-state index is 0.0623. The number of ketones is 1. The SMILES string of the molecule is Cc1cc(C(O)=C2C(=O)C(=O)N(Cc3cccnc3)[C@H]2c2cccc(Br)c2)ccc1OCC(C)C. The smallest absolute Gasteiger partial charge is 0.295 e. The highest BCUT2D eigenvalue weighted by molar-refractivity contribution is 9.10. The van der Waals surface area contributed by atoms with Gasteiger partial charge in [-0.3, -0.25) is 14.6 Å². The number of aromatic nitrogens is 1. The highest BCUT2D eigenvalue weighted by Crippen LogP contribution is 2.41. The first-order chi connectivity index (χ1) is 16.8. The summed E-state index contributed by atoms with van der Waals surface area (Å²) in [6, 6.07) is 15.6. The van der Waals surface area contributed by atoms with Gasteiger partial charge in [-0.25, -0.2) is 0 Å². The van der Waals surface area contributed by atoms with Gasteiger partial charge >= 0.3 is 0 Å². The number of carbonyl (C=O) groups is 2. The Bertz CT molecular complexity index is 1290. The molecule has 1 fully saturated rings.